The molecule has 4 aromatic heterocycles. The first-order valence-electron chi connectivity index (χ1n) is 17.3. The van der Waals surface area contributed by atoms with Crippen LogP contribution < -0.4 is 26.0 Å². The van der Waals surface area contributed by atoms with Crippen LogP contribution >= 0.6 is 0 Å². The van der Waals surface area contributed by atoms with Crippen molar-refractivity contribution in [3.8, 4) is 22.7 Å². The number of aliphatic carboxylic acids is 1. The smallest absolute Gasteiger partial charge is 0.335 e. The van der Waals surface area contributed by atoms with E-state index in [2.05, 4.69) is 25.3 Å². The van der Waals surface area contributed by atoms with Gasteiger partial charge in [0.05, 0.1) is 58.3 Å². The molecule has 1 atom stereocenters. The summed E-state index contributed by atoms with van der Waals surface area (Å²) in [5.41, 5.74) is -1.52. The Balaban J connectivity index is 1.14. The van der Waals surface area contributed by atoms with Gasteiger partial charge in [0, 0.05) is 49.3 Å². The fraction of sp³-hybridized carbons (Fsp3) is 0.211. The Morgan fingerprint density at radius 1 is 0.897 bits per heavy atom. The fourth-order valence-electron chi connectivity index (χ4n) is 5.63. The Kier molecular flexibility index (Phi) is 11.7. The molecular formula is C38H34F2N8O9S. The van der Waals surface area contributed by atoms with Gasteiger partial charge < -0.3 is 19.9 Å². The number of carboxylic acid groups (broad SMARTS) is 1. The van der Waals surface area contributed by atoms with Crippen LogP contribution in [0.2, 0.25) is 0 Å². The van der Waals surface area contributed by atoms with Gasteiger partial charge in [0.2, 0.25) is 5.88 Å². The van der Waals surface area contributed by atoms with E-state index in [1.54, 1.807) is 12.4 Å². The lowest BCUT2D eigenvalue weighted by atomic mass is 10.1. The second-order valence-electron chi connectivity index (χ2n) is 13.0. The first kappa shape index (κ1) is 40.7. The molecule has 0 saturated carbocycles. The van der Waals surface area contributed by atoms with Gasteiger partial charge in [-0.05, 0) is 49.7 Å². The van der Waals surface area contributed by atoms with Gasteiger partial charge in [0.1, 0.15) is 24.3 Å². The molecule has 0 bridgehead atoms. The molecule has 17 nitrogen and oxygen atoms in total. The zero-order valence-electron chi connectivity index (χ0n) is 31.1. The highest BCUT2D eigenvalue weighted by Gasteiger charge is 2.26. The molecule has 0 aliphatic carbocycles. The summed E-state index contributed by atoms with van der Waals surface area (Å²) in [6.07, 6.45) is 5.14. The number of nitrogens with one attached hydrogen (secondary N) is 2. The summed E-state index contributed by atoms with van der Waals surface area (Å²) in [6.45, 7) is 3.98. The number of anilines is 1. The number of benzene rings is 2. The number of carboxylic acids is 1. The number of aryl methyl sites for hydroxylation is 1. The molecule has 4 heterocycles. The van der Waals surface area contributed by atoms with E-state index in [0.717, 1.165) is 10.8 Å². The van der Waals surface area contributed by atoms with Crippen molar-refractivity contribution in [2.24, 2.45) is 7.05 Å². The lowest BCUT2D eigenvalue weighted by Gasteiger charge is -2.16. The number of ether oxygens (including phenoxy) is 2. The maximum Gasteiger partial charge on any atom is 0.335 e. The standard InChI is InChI=1S/C38H34F2N8O9S/c1-20(2)57-19-33-42-15-22(16-43-33)21-5-9-25(10-6-21)58(54,55)46-30-14-28(39)26(12-29(30)40)35(49)45-31(37(51)52)11-23-7-8-24(17-41-23)48-36(50)27-13-34(56-4)44-18-32(27)47(3)38(48)53/h5-10,12-18,20,31,46H,11,19H2,1-4H3,(H,45,49)(H,51,52)/t31-/m0/s1. The quantitative estimate of drug-likeness (QED) is 0.144. The molecule has 0 unspecified atom stereocenters. The highest BCUT2D eigenvalue weighted by Crippen LogP contribution is 2.25. The zero-order chi connectivity index (χ0) is 41.9. The molecule has 0 saturated heterocycles. The Labute approximate surface area is 328 Å². The van der Waals surface area contributed by atoms with E-state index in [1.165, 1.54) is 67.4 Å². The molecule has 300 valence electrons. The van der Waals surface area contributed by atoms with E-state index in [4.69, 9.17) is 9.47 Å². The van der Waals surface area contributed by atoms with Crippen molar-refractivity contribution in [1.29, 1.82) is 0 Å². The summed E-state index contributed by atoms with van der Waals surface area (Å²) < 4.78 is 71.2. The van der Waals surface area contributed by atoms with Crippen molar-refractivity contribution in [2.45, 2.75) is 43.9 Å². The molecule has 3 N–H and O–H groups in total. The molecule has 0 fully saturated rings. The minimum Gasteiger partial charge on any atom is -0.481 e. The molecule has 20 heteroatoms. The van der Waals surface area contributed by atoms with Gasteiger partial charge in [-0.2, -0.15) is 0 Å². The lowest BCUT2D eigenvalue weighted by Crippen LogP contribution is -2.42. The van der Waals surface area contributed by atoms with Crippen molar-refractivity contribution in [3.05, 3.63) is 129 Å². The van der Waals surface area contributed by atoms with Gasteiger partial charge in [0.25, 0.3) is 21.5 Å². The van der Waals surface area contributed by atoms with Gasteiger partial charge >= 0.3 is 11.7 Å². The average molecular weight is 817 g/mol. The number of hydrogen-bond acceptors (Lipinski definition) is 12. The number of aromatic nitrogens is 6. The molecule has 1 amide bonds. The first-order valence-corrected chi connectivity index (χ1v) is 18.7. The third-order valence-electron chi connectivity index (χ3n) is 8.72. The van der Waals surface area contributed by atoms with Crippen LogP contribution in [-0.2, 0) is 39.6 Å². The van der Waals surface area contributed by atoms with Crippen LogP contribution in [0.5, 0.6) is 5.88 Å². The van der Waals surface area contributed by atoms with Crippen molar-refractivity contribution < 1.29 is 41.4 Å². The number of nitrogens with zero attached hydrogens (tertiary/aromatic N) is 6. The second-order valence-corrected chi connectivity index (χ2v) is 14.7. The number of pyridine rings is 2. The summed E-state index contributed by atoms with van der Waals surface area (Å²) in [5, 5.41) is 12.1. The Bertz CT molecular complexity index is 2760. The van der Waals surface area contributed by atoms with Crippen LogP contribution in [0.15, 0.2) is 93.9 Å². The molecule has 0 aliphatic rings. The average Bonchev–Trinajstić information content (AvgIpc) is 3.20. The normalized spacial score (nSPS) is 12.1. The van der Waals surface area contributed by atoms with E-state index >= 15 is 8.78 Å². The molecule has 58 heavy (non-hydrogen) atoms. The van der Waals surface area contributed by atoms with Crippen molar-refractivity contribution in [1.82, 2.24) is 34.4 Å². The van der Waals surface area contributed by atoms with E-state index in [0.29, 0.717) is 29.1 Å². The fourth-order valence-corrected chi connectivity index (χ4v) is 6.69. The van der Waals surface area contributed by atoms with Crippen LogP contribution in [0.3, 0.4) is 0 Å². The van der Waals surface area contributed by atoms with Crippen LogP contribution in [0.4, 0.5) is 14.5 Å². The predicted octanol–water partition coefficient (Wildman–Crippen LogP) is 3.37. The van der Waals surface area contributed by atoms with E-state index in [-0.39, 0.29) is 45.8 Å². The minimum absolute atomic E-state index is 0.00309. The molecule has 0 radical (unpaired) electrons. The summed E-state index contributed by atoms with van der Waals surface area (Å²) >= 11 is 0. The van der Waals surface area contributed by atoms with E-state index in [9.17, 15) is 32.7 Å². The molecular weight excluding hydrogens is 783 g/mol. The largest absolute Gasteiger partial charge is 0.481 e. The number of amides is 1. The number of halogens is 2. The summed E-state index contributed by atoms with van der Waals surface area (Å²) in [5.74, 6) is -4.91. The highest BCUT2D eigenvalue weighted by atomic mass is 32.2. The van der Waals surface area contributed by atoms with Crippen LogP contribution in [0.25, 0.3) is 27.7 Å². The van der Waals surface area contributed by atoms with Crippen LogP contribution in [-0.4, -0.2) is 73.7 Å². The molecule has 0 aliphatic heterocycles. The Morgan fingerprint density at radius 3 is 2.22 bits per heavy atom. The summed E-state index contributed by atoms with van der Waals surface area (Å²) in [4.78, 5) is 67.9. The number of sulfonamides is 1. The van der Waals surface area contributed by atoms with Crippen LogP contribution in [0.1, 0.15) is 35.7 Å². The molecule has 0 spiro atoms. The highest BCUT2D eigenvalue weighted by molar-refractivity contribution is 7.92. The van der Waals surface area contributed by atoms with Crippen LogP contribution in [0, 0.1) is 11.6 Å². The Hall–Kier alpha value is -6.93. The minimum atomic E-state index is -4.45. The third-order valence-corrected chi connectivity index (χ3v) is 10.1. The van der Waals surface area contributed by atoms with Gasteiger partial charge in [0.15, 0.2) is 5.82 Å². The Morgan fingerprint density at radius 2 is 1.60 bits per heavy atom. The van der Waals surface area contributed by atoms with E-state index in [1.807, 2.05) is 18.6 Å². The molecule has 2 aromatic carbocycles. The van der Waals surface area contributed by atoms with Crippen molar-refractivity contribution in [2.75, 3.05) is 11.8 Å². The van der Waals surface area contributed by atoms with Gasteiger partial charge in [-0.25, -0.2) is 46.3 Å². The number of fused-ring (bicyclic) bond motifs is 1. The second kappa shape index (κ2) is 16.7. The summed E-state index contributed by atoms with van der Waals surface area (Å²) in [6, 6.07) is 8.69. The predicted molar refractivity (Wildman–Crippen MR) is 204 cm³/mol. The number of carbonyl (C=O) groups is 2. The van der Waals surface area contributed by atoms with Gasteiger partial charge in [-0.1, -0.05) is 12.1 Å². The maximum atomic E-state index is 15.2. The zero-order valence-corrected chi connectivity index (χ0v) is 32.0. The number of methoxy groups -OCH3 is 1. The number of carbonyl (C=O) groups excluding carboxylic acids is 1. The summed E-state index contributed by atoms with van der Waals surface area (Å²) in [7, 11) is -1.63. The van der Waals surface area contributed by atoms with Gasteiger partial charge in [-0.3, -0.25) is 23.9 Å². The molecule has 6 aromatic rings. The first-order chi connectivity index (χ1) is 27.6. The lowest BCUT2D eigenvalue weighted by molar-refractivity contribution is -0.139. The van der Waals surface area contributed by atoms with E-state index < -0.39 is 68.5 Å². The number of rotatable bonds is 14. The topological polar surface area (TPSA) is 227 Å². The SMILES string of the molecule is COc1cc2c(=O)n(-c3ccc(C[C@H](NC(=O)c4cc(F)c(NS(=O)(=O)c5ccc(-c6cnc(COC(C)C)nc6)cc5)cc4F)C(=O)O)nc3)c(=O)n(C)c2cn1. The van der Waals surface area contributed by atoms with Crippen molar-refractivity contribution in [3.63, 3.8) is 0 Å². The monoisotopic (exact) mass is 816 g/mol. The van der Waals surface area contributed by atoms with Gasteiger partial charge in [-0.15, -0.1) is 0 Å². The number of hydrogen-bond donors (Lipinski definition) is 3. The van der Waals surface area contributed by atoms with Crippen molar-refractivity contribution >= 4 is 38.5 Å². The third kappa shape index (κ3) is 8.71. The molecule has 6 rings (SSSR count). The maximum absolute atomic E-state index is 15.2.